The van der Waals surface area contributed by atoms with Gasteiger partial charge in [-0.1, -0.05) is 41.4 Å². The van der Waals surface area contributed by atoms with Crippen LogP contribution in [-0.2, 0) is 4.79 Å². The quantitative estimate of drug-likeness (QED) is 0.606. The maximum atomic E-state index is 8.00. The van der Waals surface area contributed by atoms with Crippen molar-refractivity contribution in [3.8, 4) is 11.5 Å². The van der Waals surface area contributed by atoms with Gasteiger partial charge in [-0.3, -0.25) is 0 Å². The number of rotatable bonds is 4. The van der Waals surface area contributed by atoms with Gasteiger partial charge in [0, 0.05) is 13.6 Å². The standard InChI is InChI=1S/C15H20N4O.C6H4Cl2.CH2O/c1-19(10-12-5-7-16-8-6-12)15-4-2-3-13(18-15)14-9-17-11-20-14;7-5-3-1-2-4-6(5)8;1-2/h2-4,9,11-12,16H,5-8,10H2,1H3;1-4H;1H2. The van der Waals surface area contributed by atoms with Crippen molar-refractivity contribution in [2.24, 2.45) is 5.92 Å². The Kier molecular flexibility index (Phi) is 10.3. The molecule has 0 radical (unpaired) electrons. The summed E-state index contributed by atoms with van der Waals surface area (Å²) >= 11 is 11.2. The third-order valence-corrected chi connectivity index (χ3v) is 5.38. The van der Waals surface area contributed by atoms with E-state index in [1.807, 2.05) is 37.1 Å². The van der Waals surface area contributed by atoms with Crippen LogP contribution >= 0.6 is 23.2 Å². The summed E-state index contributed by atoms with van der Waals surface area (Å²) in [6.45, 7) is 5.31. The second kappa shape index (κ2) is 13.0. The maximum Gasteiger partial charge on any atom is 0.181 e. The summed E-state index contributed by atoms with van der Waals surface area (Å²) in [4.78, 5) is 18.8. The summed E-state index contributed by atoms with van der Waals surface area (Å²) in [5, 5.41) is 4.61. The molecule has 1 aliphatic heterocycles. The minimum atomic E-state index is 0.606. The number of pyridine rings is 1. The number of aromatic nitrogens is 2. The van der Waals surface area contributed by atoms with Gasteiger partial charge in [0.25, 0.3) is 0 Å². The molecule has 3 heterocycles. The number of nitrogens with one attached hydrogen (secondary N) is 1. The molecular weight excluding hydrogens is 423 g/mol. The van der Waals surface area contributed by atoms with E-state index in [9.17, 15) is 0 Å². The number of carbonyl (C=O) groups is 1. The van der Waals surface area contributed by atoms with E-state index in [0.717, 1.165) is 37.1 Å². The average molecular weight is 449 g/mol. The topological polar surface area (TPSA) is 71.3 Å². The van der Waals surface area contributed by atoms with E-state index in [1.165, 1.54) is 19.2 Å². The predicted molar refractivity (Wildman–Crippen MR) is 122 cm³/mol. The zero-order chi connectivity index (χ0) is 21.8. The first kappa shape index (κ1) is 23.9. The normalized spacial score (nSPS) is 13.4. The van der Waals surface area contributed by atoms with E-state index >= 15 is 0 Å². The minimum absolute atomic E-state index is 0.606. The molecule has 0 spiro atoms. The molecule has 30 heavy (non-hydrogen) atoms. The highest BCUT2D eigenvalue weighted by molar-refractivity contribution is 6.41. The highest BCUT2D eigenvalue weighted by Crippen LogP contribution is 2.22. The Morgan fingerprint density at radius 3 is 2.33 bits per heavy atom. The molecule has 0 amide bonds. The first-order valence-corrected chi connectivity index (χ1v) is 10.4. The van der Waals surface area contributed by atoms with Crippen molar-refractivity contribution in [2.75, 3.05) is 31.6 Å². The number of hydrogen-bond donors (Lipinski definition) is 1. The van der Waals surface area contributed by atoms with Crippen molar-refractivity contribution in [3.63, 3.8) is 0 Å². The summed E-state index contributed by atoms with van der Waals surface area (Å²) in [6.07, 6.45) is 5.61. The van der Waals surface area contributed by atoms with Crippen LogP contribution in [0.4, 0.5) is 5.82 Å². The zero-order valence-electron chi connectivity index (χ0n) is 16.9. The minimum Gasteiger partial charge on any atom is -0.442 e. The Balaban J connectivity index is 0.000000269. The van der Waals surface area contributed by atoms with E-state index in [0.29, 0.717) is 15.8 Å². The lowest BCUT2D eigenvalue weighted by atomic mass is 9.98. The van der Waals surface area contributed by atoms with Crippen LogP contribution in [0.5, 0.6) is 0 Å². The second-order valence-electron chi connectivity index (χ2n) is 6.73. The van der Waals surface area contributed by atoms with E-state index in [1.54, 1.807) is 18.3 Å². The molecule has 1 aromatic carbocycles. The second-order valence-corrected chi connectivity index (χ2v) is 7.55. The van der Waals surface area contributed by atoms with Gasteiger partial charge in [-0.2, -0.15) is 0 Å². The number of hydrogen-bond acceptors (Lipinski definition) is 6. The fourth-order valence-corrected chi connectivity index (χ4v) is 3.37. The molecule has 2 aromatic heterocycles. The molecule has 1 saturated heterocycles. The van der Waals surface area contributed by atoms with Crippen molar-refractivity contribution >= 4 is 35.8 Å². The van der Waals surface area contributed by atoms with Gasteiger partial charge < -0.3 is 19.4 Å². The molecule has 0 saturated carbocycles. The van der Waals surface area contributed by atoms with Crippen LogP contribution in [0.15, 0.2) is 59.5 Å². The number of anilines is 1. The first-order chi connectivity index (χ1) is 14.6. The van der Waals surface area contributed by atoms with E-state index < -0.39 is 0 Å². The third-order valence-electron chi connectivity index (χ3n) is 4.63. The summed E-state index contributed by atoms with van der Waals surface area (Å²) in [5.41, 5.74) is 0.831. The molecule has 0 atom stereocenters. The molecule has 6 nitrogen and oxygen atoms in total. The Bertz CT molecular complexity index is 850. The van der Waals surface area contributed by atoms with Crippen molar-refractivity contribution in [2.45, 2.75) is 12.8 Å². The van der Waals surface area contributed by atoms with E-state index in [4.69, 9.17) is 32.4 Å². The van der Waals surface area contributed by atoms with Crippen LogP contribution in [0.2, 0.25) is 10.0 Å². The average Bonchev–Trinajstić information content (AvgIpc) is 3.34. The van der Waals surface area contributed by atoms with E-state index in [-0.39, 0.29) is 0 Å². The Hall–Kier alpha value is -2.41. The fourth-order valence-electron chi connectivity index (χ4n) is 3.10. The molecular formula is C22H26Cl2N4O2. The smallest absolute Gasteiger partial charge is 0.181 e. The monoisotopic (exact) mass is 448 g/mol. The maximum absolute atomic E-state index is 8.00. The van der Waals surface area contributed by atoms with Crippen molar-refractivity contribution in [1.82, 2.24) is 15.3 Å². The van der Waals surface area contributed by atoms with Crippen molar-refractivity contribution < 1.29 is 9.21 Å². The van der Waals surface area contributed by atoms with Crippen LogP contribution in [-0.4, -0.2) is 43.4 Å². The molecule has 0 aliphatic carbocycles. The number of oxazole rings is 1. The summed E-state index contributed by atoms with van der Waals surface area (Å²) in [7, 11) is 2.11. The number of piperidine rings is 1. The molecule has 3 aromatic rings. The molecule has 1 aliphatic rings. The van der Waals surface area contributed by atoms with Crippen molar-refractivity contribution in [1.29, 1.82) is 0 Å². The Morgan fingerprint density at radius 1 is 1.10 bits per heavy atom. The van der Waals surface area contributed by atoms with E-state index in [2.05, 4.69) is 27.2 Å². The zero-order valence-corrected chi connectivity index (χ0v) is 18.4. The third kappa shape index (κ3) is 7.44. The highest BCUT2D eigenvalue weighted by Gasteiger charge is 2.16. The van der Waals surface area contributed by atoms with Gasteiger partial charge in [0.2, 0.25) is 0 Å². The SMILES string of the molecule is C=O.CN(CC1CCNCC1)c1cccc(-c2cnco2)n1.Clc1ccccc1Cl. The largest absolute Gasteiger partial charge is 0.442 e. The van der Waals surface area contributed by atoms with Gasteiger partial charge in [0.15, 0.2) is 12.2 Å². The molecule has 1 N–H and O–H groups in total. The number of benzene rings is 1. The summed E-state index contributed by atoms with van der Waals surface area (Å²) in [6, 6.07) is 13.2. The van der Waals surface area contributed by atoms with Crippen molar-refractivity contribution in [3.05, 3.63) is 65.1 Å². The van der Waals surface area contributed by atoms with Gasteiger partial charge >= 0.3 is 0 Å². The van der Waals surface area contributed by atoms with Crippen LogP contribution in [0.3, 0.4) is 0 Å². The summed E-state index contributed by atoms with van der Waals surface area (Å²) in [5.74, 6) is 2.44. The van der Waals surface area contributed by atoms with Crippen LogP contribution in [0, 0.1) is 5.92 Å². The predicted octanol–water partition coefficient (Wildman–Crippen LogP) is 4.98. The van der Waals surface area contributed by atoms with Crippen LogP contribution < -0.4 is 10.2 Å². The number of halogens is 2. The van der Waals surface area contributed by atoms with Gasteiger partial charge in [-0.15, -0.1) is 0 Å². The molecule has 4 rings (SSSR count). The molecule has 160 valence electrons. The van der Waals surface area contributed by atoms with Gasteiger partial charge in [0.1, 0.15) is 18.3 Å². The lowest BCUT2D eigenvalue weighted by Gasteiger charge is -2.28. The number of carbonyl (C=O) groups excluding carboxylic acids is 1. The Labute approximate surface area is 187 Å². The van der Waals surface area contributed by atoms with Crippen LogP contribution in [0.1, 0.15) is 12.8 Å². The van der Waals surface area contributed by atoms with Gasteiger partial charge in [-0.05, 0) is 56.1 Å². The fraction of sp³-hybridized carbons (Fsp3) is 0.318. The molecule has 0 unspecified atom stereocenters. The van der Waals surface area contributed by atoms with Gasteiger partial charge in [-0.25, -0.2) is 9.97 Å². The molecule has 8 heteroatoms. The molecule has 0 bridgehead atoms. The number of nitrogens with zero attached hydrogens (tertiary/aromatic N) is 3. The molecule has 1 fully saturated rings. The first-order valence-electron chi connectivity index (χ1n) is 9.60. The Morgan fingerprint density at radius 2 is 1.77 bits per heavy atom. The van der Waals surface area contributed by atoms with Crippen LogP contribution in [0.25, 0.3) is 11.5 Å². The highest BCUT2D eigenvalue weighted by atomic mass is 35.5. The summed E-state index contributed by atoms with van der Waals surface area (Å²) < 4.78 is 5.30. The lowest BCUT2D eigenvalue weighted by Crippen LogP contribution is -2.34. The van der Waals surface area contributed by atoms with Gasteiger partial charge in [0.05, 0.1) is 16.2 Å². The lowest BCUT2D eigenvalue weighted by molar-refractivity contribution is -0.0979.